The molecule has 1 aliphatic rings. The van der Waals surface area contributed by atoms with Gasteiger partial charge in [0, 0.05) is 26.1 Å². The number of amides is 1. The molecule has 0 radical (unpaired) electrons. The van der Waals surface area contributed by atoms with Crippen molar-refractivity contribution >= 4 is 5.91 Å². The van der Waals surface area contributed by atoms with Crippen molar-refractivity contribution < 1.29 is 4.79 Å². The zero-order chi connectivity index (χ0) is 11.4. The summed E-state index contributed by atoms with van der Waals surface area (Å²) in [5.74, 6) is 1.45. The van der Waals surface area contributed by atoms with E-state index < -0.39 is 0 Å². The third kappa shape index (κ3) is 2.94. The second kappa shape index (κ2) is 5.50. The highest BCUT2D eigenvalue weighted by atomic mass is 16.2. The van der Waals surface area contributed by atoms with E-state index in [-0.39, 0.29) is 5.91 Å². The lowest BCUT2D eigenvalue weighted by Gasteiger charge is -2.40. The fourth-order valence-corrected chi connectivity index (χ4v) is 2.89. The first-order chi connectivity index (χ1) is 7.07. The maximum Gasteiger partial charge on any atom is 0.223 e. The number of hydrogen-bond donors (Lipinski definition) is 1. The van der Waals surface area contributed by atoms with E-state index in [0.717, 1.165) is 0 Å². The maximum atomic E-state index is 11.8. The van der Waals surface area contributed by atoms with Crippen molar-refractivity contribution in [3.8, 4) is 0 Å². The van der Waals surface area contributed by atoms with Crippen LogP contribution in [0.5, 0.6) is 0 Å². The van der Waals surface area contributed by atoms with E-state index in [4.69, 9.17) is 5.73 Å². The van der Waals surface area contributed by atoms with Crippen LogP contribution in [0.2, 0.25) is 0 Å². The Labute approximate surface area is 93.0 Å². The molecule has 15 heavy (non-hydrogen) atoms. The average molecular weight is 212 g/mol. The van der Waals surface area contributed by atoms with Gasteiger partial charge in [0.1, 0.15) is 0 Å². The van der Waals surface area contributed by atoms with E-state index in [9.17, 15) is 4.79 Å². The second-order valence-corrected chi connectivity index (χ2v) is 4.92. The van der Waals surface area contributed by atoms with E-state index >= 15 is 0 Å². The molecule has 0 bridgehead atoms. The normalized spacial score (nSPS) is 31.3. The van der Waals surface area contributed by atoms with Gasteiger partial charge in [-0.1, -0.05) is 20.3 Å². The number of rotatable bonds is 3. The zero-order valence-corrected chi connectivity index (χ0v) is 10.2. The predicted molar refractivity (Wildman–Crippen MR) is 62.4 cm³/mol. The van der Waals surface area contributed by atoms with Crippen molar-refractivity contribution in [1.82, 2.24) is 4.90 Å². The van der Waals surface area contributed by atoms with E-state index in [1.165, 1.54) is 19.3 Å². The lowest BCUT2D eigenvalue weighted by Crippen LogP contribution is -2.47. The summed E-state index contributed by atoms with van der Waals surface area (Å²) < 4.78 is 0. The van der Waals surface area contributed by atoms with Crippen LogP contribution in [0.25, 0.3) is 0 Å². The van der Waals surface area contributed by atoms with Gasteiger partial charge in [-0.2, -0.15) is 0 Å². The van der Waals surface area contributed by atoms with Crippen molar-refractivity contribution in [2.75, 3.05) is 13.6 Å². The second-order valence-electron chi connectivity index (χ2n) is 4.92. The monoisotopic (exact) mass is 212 g/mol. The summed E-state index contributed by atoms with van der Waals surface area (Å²) in [6.45, 7) is 4.97. The summed E-state index contributed by atoms with van der Waals surface area (Å²) in [4.78, 5) is 13.7. The Hall–Kier alpha value is -0.570. The molecule has 0 heterocycles. The minimum absolute atomic E-state index is 0.197. The van der Waals surface area contributed by atoms with Crippen LogP contribution < -0.4 is 5.73 Å². The molecule has 3 nitrogen and oxygen atoms in total. The predicted octanol–water partition coefficient (Wildman–Crippen LogP) is 1.62. The van der Waals surface area contributed by atoms with Crippen LogP contribution in [-0.4, -0.2) is 30.4 Å². The highest BCUT2D eigenvalue weighted by molar-refractivity contribution is 5.76. The molecule has 1 amide bonds. The van der Waals surface area contributed by atoms with Crippen LogP contribution in [0.15, 0.2) is 0 Å². The highest BCUT2D eigenvalue weighted by Gasteiger charge is 2.32. The Morgan fingerprint density at radius 3 is 2.33 bits per heavy atom. The topological polar surface area (TPSA) is 46.3 Å². The van der Waals surface area contributed by atoms with E-state index in [0.29, 0.717) is 30.8 Å². The first-order valence-electron chi connectivity index (χ1n) is 6.03. The van der Waals surface area contributed by atoms with E-state index in [2.05, 4.69) is 13.8 Å². The van der Waals surface area contributed by atoms with Crippen LogP contribution >= 0.6 is 0 Å². The van der Waals surface area contributed by atoms with Crippen molar-refractivity contribution in [2.24, 2.45) is 17.6 Å². The summed E-state index contributed by atoms with van der Waals surface area (Å²) in [7, 11) is 1.93. The Bertz CT molecular complexity index is 208. The largest absolute Gasteiger partial charge is 0.342 e. The van der Waals surface area contributed by atoms with Crippen LogP contribution in [0.4, 0.5) is 0 Å². The summed E-state index contributed by atoms with van der Waals surface area (Å²) in [6.07, 6.45) is 4.27. The van der Waals surface area contributed by atoms with Crippen LogP contribution in [-0.2, 0) is 4.79 Å². The van der Waals surface area contributed by atoms with Gasteiger partial charge in [0.2, 0.25) is 5.91 Å². The molecule has 3 heteroatoms. The number of carbonyl (C=O) groups is 1. The van der Waals surface area contributed by atoms with Crippen molar-refractivity contribution in [1.29, 1.82) is 0 Å². The van der Waals surface area contributed by atoms with Gasteiger partial charge in [-0.05, 0) is 24.7 Å². The highest BCUT2D eigenvalue weighted by Crippen LogP contribution is 2.32. The lowest BCUT2D eigenvalue weighted by atomic mass is 9.78. The molecule has 2 unspecified atom stereocenters. The standard InChI is InChI=1S/C12H24N2O/c1-9-5-4-6-10(2)12(9)14(3)11(15)7-8-13/h9-10,12H,4-8,13H2,1-3H3. The summed E-state index contributed by atoms with van der Waals surface area (Å²) >= 11 is 0. The van der Waals surface area contributed by atoms with Gasteiger partial charge in [-0.15, -0.1) is 0 Å². The SMILES string of the molecule is CC1CCCC(C)C1N(C)C(=O)CCN. The Balaban J connectivity index is 2.62. The van der Waals surface area contributed by atoms with Crippen molar-refractivity contribution in [3.63, 3.8) is 0 Å². The minimum atomic E-state index is 0.197. The number of carbonyl (C=O) groups excluding carboxylic acids is 1. The minimum Gasteiger partial charge on any atom is -0.342 e. The van der Waals surface area contributed by atoms with Gasteiger partial charge < -0.3 is 10.6 Å². The molecule has 1 saturated carbocycles. The first-order valence-corrected chi connectivity index (χ1v) is 6.03. The van der Waals surface area contributed by atoms with Gasteiger partial charge in [0.15, 0.2) is 0 Å². The lowest BCUT2D eigenvalue weighted by molar-refractivity contribution is -0.134. The summed E-state index contributed by atoms with van der Waals surface area (Å²) in [5, 5.41) is 0. The third-order valence-corrected chi connectivity index (χ3v) is 3.68. The fraction of sp³-hybridized carbons (Fsp3) is 0.917. The molecule has 1 fully saturated rings. The Morgan fingerprint density at radius 1 is 1.33 bits per heavy atom. The molecule has 1 aliphatic carbocycles. The van der Waals surface area contributed by atoms with Gasteiger partial charge >= 0.3 is 0 Å². The molecule has 2 atom stereocenters. The van der Waals surface area contributed by atoms with Crippen LogP contribution in [0.1, 0.15) is 39.5 Å². The fourth-order valence-electron chi connectivity index (χ4n) is 2.89. The molecule has 0 aromatic carbocycles. The number of hydrogen-bond acceptors (Lipinski definition) is 2. The molecule has 1 rings (SSSR count). The average Bonchev–Trinajstić information content (AvgIpc) is 2.17. The molecule has 0 spiro atoms. The molecular formula is C12H24N2O. The Kier molecular flexibility index (Phi) is 4.58. The maximum absolute atomic E-state index is 11.8. The van der Waals surface area contributed by atoms with Crippen molar-refractivity contribution in [3.05, 3.63) is 0 Å². The molecule has 0 aromatic rings. The zero-order valence-electron chi connectivity index (χ0n) is 10.2. The van der Waals surface area contributed by atoms with Gasteiger partial charge in [0.05, 0.1) is 0 Å². The number of nitrogens with zero attached hydrogens (tertiary/aromatic N) is 1. The quantitative estimate of drug-likeness (QED) is 0.772. The van der Waals surface area contributed by atoms with Gasteiger partial charge in [-0.3, -0.25) is 4.79 Å². The van der Waals surface area contributed by atoms with Crippen LogP contribution in [0, 0.1) is 11.8 Å². The van der Waals surface area contributed by atoms with Crippen LogP contribution in [0.3, 0.4) is 0 Å². The number of nitrogens with two attached hydrogens (primary N) is 1. The molecule has 0 aromatic heterocycles. The van der Waals surface area contributed by atoms with Crippen molar-refractivity contribution in [2.45, 2.75) is 45.6 Å². The molecule has 2 N–H and O–H groups in total. The molecule has 88 valence electrons. The van der Waals surface area contributed by atoms with E-state index in [1.807, 2.05) is 11.9 Å². The molecule has 0 aliphatic heterocycles. The Morgan fingerprint density at radius 2 is 1.87 bits per heavy atom. The van der Waals surface area contributed by atoms with Gasteiger partial charge in [-0.25, -0.2) is 0 Å². The molecular weight excluding hydrogens is 188 g/mol. The van der Waals surface area contributed by atoms with Gasteiger partial charge in [0.25, 0.3) is 0 Å². The smallest absolute Gasteiger partial charge is 0.223 e. The summed E-state index contributed by atoms with van der Waals surface area (Å²) in [5.41, 5.74) is 5.42. The first kappa shape index (κ1) is 12.5. The van der Waals surface area contributed by atoms with E-state index in [1.54, 1.807) is 0 Å². The third-order valence-electron chi connectivity index (χ3n) is 3.68. The molecule has 0 saturated heterocycles. The summed E-state index contributed by atoms with van der Waals surface area (Å²) in [6, 6.07) is 0.415.